The predicted octanol–water partition coefficient (Wildman–Crippen LogP) is 0.933. The van der Waals surface area contributed by atoms with E-state index in [1.807, 2.05) is 4.90 Å². The Balaban J connectivity index is 2.36. The number of nitrogens with one attached hydrogen (secondary N) is 1. The van der Waals surface area contributed by atoms with Gasteiger partial charge >= 0.3 is 0 Å². The van der Waals surface area contributed by atoms with Gasteiger partial charge in [0.25, 0.3) is 0 Å². The van der Waals surface area contributed by atoms with Gasteiger partial charge in [-0.2, -0.15) is 0 Å². The number of carbonyl (C=O) groups is 1. The number of ether oxygens (including phenoxy) is 1. The average molecular weight is 298 g/mol. The molecule has 1 N–H and O–H groups in total. The van der Waals surface area contributed by atoms with Crippen LogP contribution in [0, 0.1) is 0 Å². The highest BCUT2D eigenvalue weighted by Gasteiger charge is 2.20. The van der Waals surface area contributed by atoms with Crippen LogP contribution < -0.4 is 5.32 Å². The van der Waals surface area contributed by atoms with Gasteiger partial charge in [-0.05, 0) is 13.3 Å². The maximum absolute atomic E-state index is 11.3. The summed E-state index contributed by atoms with van der Waals surface area (Å²) in [7, 11) is 0. The number of rotatable bonds is 7. The maximum Gasteiger partial charge on any atom is 0.219 e. The van der Waals surface area contributed by atoms with Gasteiger partial charge in [0.2, 0.25) is 5.91 Å². The van der Waals surface area contributed by atoms with Crippen LogP contribution in [0.2, 0.25) is 0 Å². The number of aliphatic imine (C=N–C) groups is 1. The summed E-state index contributed by atoms with van der Waals surface area (Å²) in [6, 6.07) is 0. The lowest BCUT2D eigenvalue weighted by molar-refractivity contribution is -0.130. The molecule has 122 valence electrons. The minimum absolute atomic E-state index is 0.154. The fourth-order valence-electron chi connectivity index (χ4n) is 2.22. The van der Waals surface area contributed by atoms with Gasteiger partial charge in [0, 0.05) is 46.3 Å². The molecule has 0 aliphatic carbocycles. The first-order valence-corrected chi connectivity index (χ1v) is 8.05. The van der Waals surface area contributed by atoms with E-state index < -0.39 is 0 Å². The Morgan fingerprint density at radius 1 is 1.14 bits per heavy atom. The molecule has 1 heterocycles. The summed E-state index contributed by atoms with van der Waals surface area (Å²) in [6.07, 6.45) is 2.27. The quantitative estimate of drug-likeness (QED) is 0.432. The lowest BCUT2D eigenvalue weighted by Crippen LogP contribution is -2.53. The highest BCUT2D eigenvalue weighted by atomic mass is 16.5. The molecule has 1 amide bonds. The predicted molar refractivity (Wildman–Crippen MR) is 85.5 cm³/mol. The normalized spacial score (nSPS) is 16.2. The highest BCUT2D eigenvalue weighted by Crippen LogP contribution is 2.02. The molecular weight excluding hydrogens is 268 g/mol. The first-order valence-electron chi connectivity index (χ1n) is 8.05. The summed E-state index contributed by atoms with van der Waals surface area (Å²) in [6.45, 7) is 12.1. The molecule has 1 saturated heterocycles. The Morgan fingerprint density at radius 3 is 2.38 bits per heavy atom. The second-order valence-electron chi connectivity index (χ2n) is 5.19. The Morgan fingerprint density at radius 2 is 1.81 bits per heavy atom. The minimum atomic E-state index is 0.154. The Hall–Kier alpha value is -1.30. The lowest BCUT2D eigenvalue weighted by atomic mass is 10.3. The van der Waals surface area contributed by atoms with E-state index in [1.165, 1.54) is 0 Å². The molecule has 21 heavy (non-hydrogen) atoms. The molecule has 0 aromatic carbocycles. The molecule has 0 saturated carbocycles. The smallest absolute Gasteiger partial charge is 0.219 e. The second-order valence-corrected chi connectivity index (χ2v) is 5.19. The van der Waals surface area contributed by atoms with E-state index in [2.05, 4.69) is 29.1 Å². The van der Waals surface area contributed by atoms with Crippen molar-refractivity contribution in [1.82, 2.24) is 15.1 Å². The molecule has 6 nitrogen and oxygen atoms in total. The van der Waals surface area contributed by atoms with Crippen molar-refractivity contribution in [2.45, 2.75) is 33.6 Å². The van der Waals surface area contributed by atoms with Gasteiger partial charge in [0.05, 0.1) is 13.2 Å². The average Bonchev–Trinajstić information content (AvgIpc) is 2.49. The van der Waals surface area contributed by atoms with Gasteiger partial charge in [-0.3, -0.25) is 9.79 Å². The fourth-order valence-corrected chi connectivity index (χ4v) is 2.22. The largest absolute Gasteiger partial charge is 0.380 e. The zero-order chi connectivity index (χ0) is 15.5. The van der Waals surface area contributed by atoms with E-state index in [0.29, 0.717) is 13.2 Å². The summed E-state index contributed by atoms with van der Waals surface area (Å²) in [5.41, 5.74) is 0. The van der Waals surface area contributed by atoms with Crippen LogP contribution in [0.1, 0.15) is 33.6 Å². The van der Waals surface area contributed by atoms with Crippen LogP contribution in [0.25, 0.3) is 0 Å². The monoisotopic (exact) mass is 298 g/mol. The van der Waals surface area contributed by atoms with Gasteiger partial charge < -0.3 is 19.9 Å². The fraction of sp³-hybridized carbons (Fsp3) is 0.867. The molecule has 6 heteroatoms. The van der Waals surface area contributed by atoms with Crippen molar-refractivity contribution >= 4 is 11.9 Å². The number of carbonyl (C=O) groups excluding carboxylic acids is 1. The van der Waals surface area contributed by atoms with E-state index in [1.54, 1.807) is 6.92 Å². The zero-order valence-corrected chi connectivity index (χ0v) is 13.7. The molecule has 0 unspecified atom stereocenters. The molecule has 1 fully saturated rings. The highest BCUT2D eigenvalue weighted by molar-refractivity contribution is 5.80. The molecule has 0 aromatic rings. The zero-order valence-electron chi connectivity index (χ0n) is 13.7. The lowest BCUT2D eigenvalue weighted by Gasteiger charge is -2.36. The third-order valence-corrected chi connectivity index (χ3v) is 3.50. The van der Waals surface area contributed by atoms with Crippen molar-refractivity contribution in [3.8, 4) is 0 Å². The Labute approximate surface area is 128 Å². The van der Waals surface area contributed by atoms with E-state index in [4.69, 9.17) is 4.74 Å². The molecule has 1 rings (SSSR count). The summed E-state index contributed by atoms with van der Waals surface area (Å²) in [5.74, 6) is 1.08. The van der Waals surface area contributed by atoms with Crippen molar-refractivity contribution in [2.75, 3.05) is 52.5 Å². The molecule has 0 bridgehead atoms. The van der Waals surface area contributed by atoms with E-state index in [-0.39, 0.29) is 5.91 Å². The van der Waals surface area contributed by atoms with E-state index in [9.17, 15) is 4.79 Å². The van der Waals surface area contributed by atoms with Gasteiger partial charge in [-0.15, -0.1) is 0 Å². The van der Waals surface area contributed by atoms with Crippen molar-refractivity contribution in [1.29, 1.82) is 0 Å². The van der Waals surface area contributed by atoms with Gasteiger partial charge in [0.15, 0.2) is 5.96 Å². The number of hydrogen-bond donors (Lipinski definition) is 1. The summed E-state index contributed by atoms with van der Waals surface area (Å²) in [4.78, 5) is 20.1. The third-order valence-electron chi connectivity index (χ3n) is 3.50. The molecule has 1 aliphatic rings. The van der Waals surface area contributed by atoms with Crippen molar-refractivity contribution in [3.63, 3.8) is 0 Å². The number of piperazine rings is 1. The number of unbranched alkanes of at least 4 members (excludes halogenated alkanes) is 1. The first kappa shape index (κ1) is 17.8. The van der Waals surface area contributed by atoms with E-state index in [0.717, 1.165) is 58.1 Å². The van der Waals surface area contributed by atoms with Crippen LogP contribution >= 0.6 is 0 Å². The van der Waals surface area contributed by atoms with Crippen LogP contribution in [-0.4, -0.2) is 74.1 Å². The summed E-state index contributed by atoms with van der Waals surface area (Å²) in [5, 5.41) is 3.32. The van der Waals surface area contributed by atoms with Gasteiger partial charge in [-0.1, -0.05) is 13.3 Å². The molecule has 0 spiro atoms. The molecule has 0 atom stereocenters. The van der Waals surface area contributed by atoms with Crippen molar-refractivity contribution in [2.24, 2.45) is 4.99 Å². The van der Waals surface area contributed by atoms with Gasteiger partial charge in [0.1, 0.15) is 0 Å². The Kier molecular flexibility index (Phi) is 8.82. The van der Waals surface area contributed by atoms with Crippen LogP contribution in [0.5, 0.6) is 0 Å². The molecule has 1 aliphatic heterocycles. The summed E-state index contributed by atoms with van der Waals surface area (Å²) >= 11 is 0. The van der Waals surface area contributed by atoms with Crippen LogP contribution in [0.4, 0.5) is 0 Å². The second kappa shape index (κ2) is 10.4. The van der Waals surface area contributed by atoms with E-state index >= 15 is 0 Å². The molecular formula is C15H30N4O2. The maximum atomic E-state index is 11.3. The minimum Gasteiger partial charge on any atom is -0.380 e. The third kappa shape index (κ3) is 6.80. The number of guanidine groups is 1. The van der Waals surface area contributed by atoms with Crippen LogP contribution in [-0.2, 0) is 9.53 Å². The van der Waals surface area contributed by atoms with Crippen molar-refractivity contribution < 1.29 is 9.53 Å². The Bertz CT molecular complexity index is 326. The van der Waals surface area contributed by atoms with Crippen molar-refractivity contribution in [3.05, 3.63) is 0 Å². The number of nitrogens with zero attached hydrogens (tertiary/aromatic N) is 3. The number of hydrogen-bond acceptors (Lipinski definition) is 3. The molecule has 0 aromatic heterocycles. The molecule has 0 radical (unpaired) electrons. The standard InChI is InChI=1S/C15H30N4O2/c1-4-6-12-21-13-7-17-15(16-5-2)19-10-8-18(9-11-19)14(3)20/h4-13H2,1-3H3,(H,16,17). The number of amides is 1. The van der Waals surface area contributed by atoms with Crippen LogP contribution in [0.3, 0.4) is 0 Å². The summed E-state index contributed by atoms with van der Waals surface area (Å²) < 4.78 is 5.53. The topological polar surface area (TPSA) is 57.2 Å². The first-order chi connectivity index (χ1) is 10.2. The van der Waals surface area contributed by atoms with Gasteiger partial charge in [-0.25, -0.2) is 0 Å². The van der Waals surface area contributed by atoms with Crippen LogP contribution in [0.15, 0.2) is 4.99 Å². The SMILES string of the molecule is CCCCOCCN=C(NCC)N1CCN(C(C)=O)CC1.